The maximum atomic E-state index is 12.0. The topological polar surface area (TPSA) is 32.3 Å². The molecule has 0 bridgehead atoms. The van der Waals surface area contributed by atoms with Crippen molar-refractivity contribution in [1.82, 2.24) is 10.2 Å². The minimum absolute atomic E-state index is 0.0870. The molecule has 3 nitrogen and oxygen atoms in total. The molecule has 0 aromatic heterocycles. The lowest BCUT2D eigenvalue weighted by atomic mass is 10.00. The summed E-state index contributed by atoms with van der Waals surface area (Å²) in [5.74, 6) is 0.756. The Morgan fingerprint density at radius 3 is 2.58 bits per heavy atom. The molecule has 0 spiro atoms. The lowest BCUT2D eigenvalue weighted by Gasteiger charge is -2.30. The van der Waals surface area contributed by atoms with E-state index in [2.05, 4.69) is 40.3 Å². The lowest BCUT2D eigenvalue weighted by Crippen LogP contribution is -2.44. The summed E-state index contributed by atoms with van der Waals surface area (Å²) in [5, 5.41) is 3.01. The molecule has 2 rings (SSSR count). The summed E-state index contributed by atoms with van der Waals surface area (Å²) in [4.78, 5) is 13.9. The number of urea groups is 1. The Kier molecular flexibility index (Phi) is 5.25. The first-order valence-electron chi connectivity index (χ1n) is 6.92. The van der Waals surface area contributed by atoms with Crippen LogP contribution in [0.5, 0.6) is 0 Å². The SMILES string of the molecule is CC1CCN(C(=O)NCCc2ccc(Br)cc2)CC1. The fourth-order valence-corrected chi connectivity index (χ4v) is 2.55. The first-order valence-corrected chi connectivity index (χ1v) is 7.71. The highest BCUT2D eigenvalue weighted by Crippen LogP contribution is 2.15. The number of amides is 2. The lowest BCUT2D eigenvalue weighted by molar-refractivity contribution is 0.174. The monoisotopic (exact) mass is 324 g/mol. The summed E-state index contributed by atoms with van der Waals surface area (Å²) in [5.41, 5.74) is 1.25. The van der Waals surface area contributed by atoms with Crippen molar-refractivity contribution in [3.8, 4) is 0 Å². The Morgan fingerprint density at radius 1 is 1.32 bits per heavy atom. The fourth-order valence-electron chi connectivity index (χ4n) is 2.29. The Morgan fingerprint density at radius 2 is 1.95 bits per heavy atom. The maximum absolute atomic E-state index is 12.0. The van der Waals surface area contributed by atoms with Crippen LogP contribution in [0.25, 0.3) is 0 Å². The van der Waals surface area contributed by atoms with Gasteiger partial charge in [0.15, 0.2) is 0 Å². The number of likely N-dealkylation sites (tertiary alicyclic amines) is 1. The van der Waals surface area contributed by atoms with E-state index >= 15 is 0 Å². The molecule has 104 valence electrons. The number of halogens is 1. The van der Waals surface area contributed by atoms with Crippen LogP contribution in [0.15, 0.2) is 28.7 Å². The van der Waals surface area contributed by atoms with Gasteiger partial charge < -0.3 is 10.2 Å². The molecule has 1 aromatic rings. The van der Waals surface area contributed by atoms with Crippen LogP contribution in [0.4, 0.5) is 4.79 Å². The fraction of sp³-hybridized carbons (Fsp3) is 0.533. The van der Waals surface area contributed by atoms with Crippen molar-refractivity contribution in [2.45, 2.75) is 26.2 Å². The molecule has 0 unspecified atom stereocenters. The number of hydrogen-bond donors (Lipinski definition) is 1. The third kappa shape index (κ3) is 4.53. The molecule has 1 aliphatic heterocycles. The van der Waals surface area contributed by atoms with Crippen LogP contribution in [0.2, 0.25) is 0 Å². The average Bonchev–Trinajstić information content (AvgIpc) is 2.41. The van der Waals surface area contributed by atoms with Crippen LogP contribution in [0.3, 0.4) is 0 Å². The molecule has 2 amide bonds. The molecule has 1 aliphatic rings. The second-order valence-corrected chi connectivity index (χ2v) is 6.19. The van der Waals surface area contributed by atoms with Crippen molar-refractivity contribution in [2.75, 3.05) is 19.6 Å². The van der Waals surface area contributed by atoms with Crippen LogP contribution in [-0.4, -0.2) is 30.6 Å². The summed E-state index contributed by atoms with van der Waals surface area (Å²) in [6, 6.07) is 8.31. The van der Waals surface area contributed by atoms with Crippen LogP contribution in [-0.2, 0) is 6.42 Å². The molecule has 4 heteroatoms. The van der Waals surface area contributed by atoms with Gasteiger partial charge in [0.05, 0.1) is 0 Å². The van der Waals surface area contributed by atoms with E-state index in [1.807, 2.05) is 17.0 Å². The minimum atomic E-state index is 0.0870. The predicted molar refractivity (Wildman–Crippen MR) is 81.2 cm³/mol. The van der Waals surface area contributed by atoms with Gasteiger partial charge >= 0.3 is 6.03 Å². The number of nitrogens with one attached hydrogen (secondary N) is 1. The number of rotatable bonds is 3. The Hall–Kier alpha value is -1.03. The smallest absolute Gasteiger partial charge is 0.317 e. The van der Waals surface area contributed by atoms with Crippen molar-refractivity contribution in [2.24, 2.45) is 5.92 Å². The Bertz CT molecular complexity index is 411. The third-order valence-corrected chi connectivity index (χ3v) is 4.20. The summed E-state index contributed by atoms with van der Waals surface area (Å²) < 4.78 is 1.09. The van der Waals surface area contributed by atoms with E-state index in [9.17, 15) is 4.79 Å². The number of carbonyl (C=O) groups excluding carboxylic acids is 1. The highest BCUT2D eigenvalue weighted by Gasteiger charge is 2.19. The molecule has 0 saturated carbocycles. The van der Waals surface area contributed by atoms with E-state index < -0.39 is 0 Å². The molecule has 1 N–H and O–H groups in total. The van der Waals surface area contributed by atoms with Gasteiger partial charge in [-0.05, 0) is 42.9 Å². The van der Waals surface area contributed by atoms with Gasteiger partial charge in [-0.1, -0.05) is 35.0 Å². The highest BCUT2D eigenvalue weighted by atomic mass is 79.9. The largest absolute Gasteiger partial charge is 0.338 e. The van der Waals surface area contributed by atoms with Gasteiger partial charge in [0.2, 0.25) is 0 Å². The molecule has 19 heavy (non-hydrogen) atoms. The van der Waals surface area contributed by atoms with Crippen LogP contribution < -0.4 is 5.32 Å². The molecule has 1 fully saturated rings. The second kappa shape index (κ2) is 6.94. The molecule has 0 atom stereocenters. The van der Waals surface area contributed by atoms with Crippen molar-refractivity contribution in [3.05, 3.63) is 34.3 Å². The quantitative estimate of drug-likeness (QED) is 0.907. The molecular formula is C15H21BrN2O. The summed E-state index contributed by atoms with van der Waals surface area (Å²) in [7, 11) is 0. The number of nitrogens with zero attached hydrogens (tertiary/aromatic N) is 1. The predicted octanol–water partition coefficient (Wildman–Crippen LogP) is 3.43. The van der Waals surface area contributed by atoms with Gasteiger partial charge in [0, 0.05) is 24.1 Å². The molecule has 1 saturated heterocycles. The van der Waals surface area contributed by atoms with Gasteiger partial charge in [-0.25, -0.2) is 4.79 Å². The van der Waals surface area contributed by atoms with Crippen molar-refractivity contribution < 1.29 is 4.79 Å². The van der Waals surface area contributed by atoms with Gasteiger partial charge in [-0.15, -0.1) is 0 Å². The first-order chi connectivity index (χ1) is 9.15. The Balaban J connectivity index is 1.70. The molecule has 1 aromatic carbocycles. The van der Waals surface area contributed by atoms with Crippen LogP contribution in [0, 0.1) is 5.92 Å². The number of carbonyl (C=O) groups is 1. The molecule has 0 aliphatic carbocycles. The zero-order valence-electron chi connectivity index (χ0n) is 11.4. The summed E-state index contributed by atoms with van der Waals surface area (Å²) >= 11 is 3.42. The number of piperidine rings is 1. The van der Waals surface area contributed by atoms with Gasteiger partial charge in [0.1, 0.15) is 0 Å². The van der Waals surface area contributed by atoms with E-state index in [0.717, 1.165) is 42.7 Å². The molecule has 1 heterocycles. The van der Waals surface area contributed by atoms with Crippen molar-refractivity contribution >= 4 is 22.0 Å². The second-order valence-electron chi connectivity index (χ2n) is 5.28. The molecular weight excluding hydrogens is 304 g/mol. The zero-order valence-corrected chi connectivity index (χ0v) is 12.9. The van der Waals surface area contributed by atoms with Crippen LogP contribution >= 0.6 is 15.9 Å². The van der Waals surface area contributed by atoms with E-state index in [1.54, 1.807) is 0 Å². The molecule has 0 radical (unpaired) electrons. The first kappa shape index (κ1) is 14.4. The number of benzene rings is 1. The summed E-state index contributed by atoms with van der Waals surface area (Å²) in [6.07, 6.45) is 3.13. The highest BCUT2D eigenvalue weighted by molar-refractivity contribution is 9.10. The normalized spacial score (nSPS) is 16.4. The summed E-state index contributed by atoms with van der Waals surface area (Å²) in [6.45, 7) is 4.74. The van der Waals surface area contributed by atoms with E-state index in [-0.39, 0.29) is 6.03 Å². The Labute approximate surface area is 123 Å². The van der Waals surface area contributed by atoms with Crippen molar-refractivity contribution in [3.63, 3.8) is 0 Å². The van der Waals surface area contributed by atoms with Crippen molar-refractivity contribution in [1.29, 1.82) is 0 Å². The van der Waals surface area contributed by atoms with E-state index in [0.29, 0.717) is 6.54 Å². The van der Waals surface area contributed by atoms with Gasteiger partial charge in [-0.2, -0.15) is 0 Å². The third-order valence-electron chi connectivity index (χ3n) is 3.67. The van der Waals surface area contributed by atoms with E-state index in [1.165, 1.54) is 5.56 Å². The van der Waals surface area contributed by atoms with E-state index in [4.69, 9.17) is 0 Å². The van der Waals surface area contributed by atoms with Gasteiger partial charge in [-0.3, -0.25) is 0 Å². The van der Waals surface area contributed by atoms with Gasteiger partial charge in [0.25, 0.3) is 0 Å². The zero-order chi connectivity index (χ0) is 13.7. The standard InChI is InChI=1S/C15H21BrN2O/c1-12-7-10-18(11-8-12)15(19)17-9-6-13-2-4-14(16)5-3-13/h2-5,12H,6-11H2,1H3,(H,17,19). The minimum Gasteiger partial charge on any atom is -0.338 e. The maximum Gasteiger partial charge on any atom is 0.317 e. The van der Waals surface area contributed by atoms with Crippen LogP contribution in [0.1, 0.15) is 25.3 Å². The number of hydrogen-bond acceptors (Lipinski definition) is 1. The average molecular weight is 325 g/mol.